The normalized spacial score (nSPS) is 10.5. The molecule has 0 unspecified atom stereocenters. The minimum atomic E-state index is -0.230. The molecular weight excluding hydrogens is 410 g/mol. The van der Waals surface area contributed by atoms with Crippen LogP contribution >= 0.6 is 0 Å². The highest BCUT2D eigenvalue weighted by molar-refractivity contribution is 6.08. The number of pyridine rings is 1. The molecule has 0 amide bonds. The van der Waals surface area contributed by atoms with Crippen molar-refractivity contribution in [2.45, 2.75) is 26.0 Å². The number of nitrogens with zero attached hydrogens (tertiary/aromatic N) is 1. The lowest BCUT2D eigenvalue weighted by molar-refractivity contribution is -0.696. The standard InChI is InChI=1S/C29H26NO3/c31-28(21-24-7-3-1-4-8-24)33-22-25-16-19-30(20-17-25)18-15-23-11-13-27(14-12-23)29(32)26-9-5-2-6-10-26/h1-14,16-17,19-20H,15,18,21-22H2/q+1. The van der Waals surface area contributed by atoms with Gasteiger partial charge in [0.1, 0.15) is 6.61 Å². The van der Waals surface area contributed by atoms with E-state index in [-0.39, 0.29) is 24.8 Å². The van der Waals surface area contributed by atoms with Crippen molar-refractivity contribution in [2.75, 3.05) is 0 Å². The molecule has 0 radical (unpaired) electrons. The smallest absolute Gasteiger partial charge is 0.310 e. The van der Waals surface area contributed by atoms with Crippen LogP contribution < -0.4 is 4.57 Å². The molecule has 4 aromatic rings. The summed E-state index contributed by atoms with van der Waals surface area (Å²) in [6.07, 6.45) is 5.13. The molecule has 0 saturated heterocycles. The number of ether oxygens (including phenoxy) is 1. The minimum Gasteiger partial charge on any atom is -0.461 e. The van der Waals surface area contributed by atoms with E-state index >= 15 is 0 Å². The first-order valence-electron chi connectivity index (χ1n) is 11.0. The molecule has 0 atom stereocenters. The highest BCUT2D eigenvalue weighted by Crippen LogP contribution is 2.12. The van der Waals surface area contributed by atoms with Gasteiger partial charge in [0.15, 0.2) is 24.7 Å². The minimum absolute atomic E-state index is 0.0385. The second-order valence-electron chi connectivity index (χ2n) is 7.91. The Bertz CT molecular complexity index is 1190. The van der Waals surface area contributed by atoms with E-state index in [9.17, 15) is 9.59 Å². The first-order valence-corrected chi connectivity index (χ1v) is 11.0. The van der Waals surface area contributed by atoms with Crippen molar-refractivity contribution in [3.8, 4) is 0 Å². The van der Waals surface area contributed by atoms with Crippen LogP contribution in [-0.2, 0) is 35.5 Å². The lowest BCUT2D eigenvalue weighted by Gasteiger charge is -2.05. The van der Waals surface area contributed by atoms with Crippen molar-refractivity contribution in [3.05, 3.63) is 137 Å². The highest BCUT2D eigenvalue weighted by atomic mass is 16.5. The maximum Gasteiger partial charge on any atom is 0.310 e. The third kappa shape index (κ3) is 6.47. The fourth-order valence-corrected chi connectivity index (χ4v) is 3.55. The van der Waals surface area contributed by atoms with E-state index in [0.29, 0.717) is 11.1 Å². The molecule has 0 fully saturated rings. The van der Waals surface area contributed by atoms with Crippen LogP contribution in [0, 0.1) is 0 Å². The van der Waals surface area contributed by atoms with Gasteiger partial charge < -0.3 is 4.74 Å². The second-order valence-corrected chi connectivity index (χ2v) is 7.91. The van der Waals surface area contributed by atoms with E-state index < -0.39 is 0 Å². The maximum atomic E-state index is 12.5. The Morgan fingerprint density at radius 1 is 0.636 bits per heavy atom. The van der Waals surface area contributed by atoms with Crippen molar-refractivity contribution in [1.82, 2.24) is 0 Å². The summed E-state index contributed by atoms with van der Waals surface area (Å²) < 4.78 is 7.48. The predicted octanol–water partition coefficient (Wildman–Crippen LogP) is 4.73. The summed E-state index contributed by atoms with van der Waals surface area (Å²) in [7, 11) is 0. The van der Waals surface area contributed by atoms with Gasteiger partial charge in [-0.25, -0.2) is 4.57 Å². The number of carbonyl (C=O) groups is 2. The van der Waals surface area contributed by atoms with Crippen LogP contribution in [-0.4, -0.2) is 11.8 Å². The Labute approximate surface area is 194 Å². The molecule has 4 heteroatoms. The van der Waals surface area contributed by atoms with Gasteiger partial charge in [0, 0.05) is 35.2 Å². The van der Waals surface area contributed by atoms with Gasteiger partial charge in [0.25, 0.3) is 0 Å². The third-order valence-corrected chi connectivity index (χ3v) is 5.46. The van der Waals surface area contributed by atoms with Gasteiger partial charge in [0.2, 0.25) is 0 Å². The molecule has 33 heavy (non-hydrogen) atoms. The first-order chi connectivity index (χ1) is 16.2. The Morgan fingerprint density at radius 3 is 1.91 bits per heavy atom. The molecule has 1 heterocycles. The Kier molecular flexibility index (Phi) is 7.39. The second kappa shape index (κ2) is 11.0. The molecule has 3 aromatic carbocycles. The lowest BCUT2D eigenvalue weighted by Crippen LogP contribution is -2.33. The number of ketones is 1. The Hall–Kier alpha value is -4.05. The summed E-state index contributed by atoms with van der Waals surface area (Å²) in [4.78, 5) is 24.5. The molecule has 0 aliphatic rings. The first kappa shape index (κ1) is 22.2. The number of aryl methyl sites for hydroxylation is 2. The number of esters is 1. The maximum absolute atomic E-state index is 12.5. The molecule has 0 spiro atoms. The number of carbonyl (C=O) groups excluding carboxylic acids is 2. The van der Waals surface area contributed by atoms with E-state index in [1.54, 1.807) is 0 Å². The van der Waals surface area contributed by atoms with E-state index in [1.165, 1.54) is 5.56 Å². The van der Waals surface area contributed by atoms with Crippen LogP contribution in [0.15, 0.2) is 109 Å². The zero-order chi connectivity index (χ0) is 22.9. The van der Waals surface area contributed by atoms with Gasteiger partial charge >= 0.3 is 5.97 Å². The summed E-state index contributed by atoms with van der Waals surface area (Å²) in [5.41, 5.74) is 4.48. The van der Waals surface area contributed by atoms with Crippen molar-refractivity contribution in [3.63, 3.8) is 0 Å². The topological polar surface area (TPSA) is 47.2 Å². The average Bonchev–Trinajstić information content (AvgIpc) is 2.88. The van der Waals surface area contributed by atoms with Gasteiger partial charge in [-0.15, -0.1) is 0 Å². The number of aromatic nitrogens is 1. The van der Waals surface area contributed by atoms with E-state index in [1.807, 2.05) is 109 Å². The van der Waals surface area contributed by atoms with Crippen molar-refractivity contribution in [1.29, 1.82) is 0 Å². The molecule has 0 N–H and O–H groups in total. The average molecular weight is 437 g/mol. The fourth-order valence-electron chi connectivity index (χ4n) is 3.55. The number of benzene rings is 3. The molecular formula is C29H26NO3+. The van der Waals surface area contributed by atoms with E-state index in [0.717, 1.165) is 24.1 Å². The molecule has 0 saturated carbocycles. The monoisotopic (exact) mass is 436 g/mol. The van der Waals surface area contributed by atoms with Gasteiger partial charge in [-0.05, 0) is 11.1 Å². The van der Waals surface area contributed by atoms with Crippen molar-refractivity contribution in [2.24, 2.45) is 0 Å². The van der Waals surface area contributed by atoms with E-state index in [4.69, 9.17) is 4.74 Å². The van der Waals surface area contributed by atoms with Crippen LogP contribution in [0.1, 0.15) is 32.6 Å². The van der Waals surface area contributed by atoms with Crippen LogP contribution in [0.25, 0.3) is 0 Å². The summed E-state index contributed by atoms with van der Waals surface area (Å²) in [6, 6.07) is 30.7. The number of hydrogen-bond acceptors (Lipinski definition) is 3. The summed E-state index contributed by atoms with van der Waals surface area (Å²) >= 11 is 0. The van der Waals surface area contributed by atoms with Gasteiger partial charge in [-0.2, -0.15) is 0 Å². The zero-order valence-corrected chi connectivity index (χ0v) is 18.4. The Balaban J connectivity index is 1.24. The number of hydrogen-bond donors (Lipinski definition) is 0. The summed E-state index contributed by atoms with van der Waals surface area (Å²) in [5.74, 6) is -0.191. The van der Waals surface area contributed by atoms with E-state index in [2.05, 4.69) is 4.57 Å². The van der Waals surface area contributed by atoms with Crippen LogP contribution in [0.4, 0.5) is 0 Å². The largest absolute Gasteiger partial charge is 0.461 e. The molecule has 4 rings (SSSR count). The molecule has 0 bridgehead atoms. The van der Waals surface area contributed by atoms with Gasteiger partial charge in [-0.3, -0.25) is 9.59 Å². The molecule has 0 aliphatic carbocycles. The number of rotatable bonds is 9. The summed E-state index contributed by atoms with van der Waals surface area (Å²) in [6.45, 7) is 1.09. The molecule has 4 nitrogen and oxygen atoms in total. The van der Waals surface area contributed by atoms with Gasteiger partial charge in [0.05, 0.1) is 6.42 Å². The molecule has 0 aliphatic heterocycles. The van der Waals surface area contributed by atoms with Gasteiger partial charge in [-0.1, -0.05) is 84.9 Å². The fraction of sp³-hybridized carbons (Fsp3) is 0.138. The van der Waals surface area contributed by atoms with Crippen LogP contribution in [0.2, 0.25) is 0 Å². The highest BCUT2D eigenvalue weighted by Gasteiger charge is 2.09. The summed E-state index contributed by atoms with van der Waals surface area (Å²) in [5, 5.41) is 0. The molecule has 164 valence electrons. The van der Waals surface area contributed by atoms with Crippen molar-refractivity contribution >= 4 is 11.8 Å². The van der Waals surface area contributed by atoms with Crippen LogP contribution in [0.3, 0.4) is 0 Å². The lowest BCUT2D eigenvalue weighted by atomic mass is 10.0. The quantitative estimate of drug-likeness (QED) is 0.216. The van der Waals surface area contributed by atoms with Crippen LogP contribution in [0.5, 0.6) is 0 Å². The predicted molar refractivity (Wildman–Crippen MR) is 127 cm³/mol. The SMILES string of the molecule is O=C(Cc1ccccc1)OCc1cc[n+](CCc2ccc(C(=O)c3ccccc3)cc2)cc1. The third-order valence-electron chi connectivity index (χ3n) is 5.46. The van der Waals surface area contributed by atoms with Crippen molar-refractivity contribution < 1.29 is 18.9 Å². The Morgan fingerprint density at radius 2 is 1.24 bits per heavy atom. The molecule has 1 aromatic heterocycles. The zero-order valence-electron chi connectivity index (χ0n) is 18.4.